The van der Waals surface area contributed by atoms with Crippen LogP contribution in [-0.2, 0) is 11.3 Å². The Labute approximate surface area is 106 Å². The predicted octanol–water partition coefficient (Wildman–Crippen LogP) is 1.08. The van der Waals surface area contributed by atoms with Crippen LogP contribution < -0.4 is 20.5 Å². The molecule has 0 unspecified atom stereocenters. The van der Waals surface area contributed by atoms with E-state index in [0.29, 0.717) is 25.9 Å². The number of hydrogen-bond acceptors (Lipinski definition) is 4. The van der Waals surface area contributed by atoms with E-state index in [1.807, 2.05) is 19.1 Å². The first-order valence-corrected chi connectivity index (χ1v) is 6.06. The summed E-state index contributed by atoms with van der Waals surface area (Å²) in [5.74, 6) is 1.54. The van der Waals surface area contributed by atoms with Gasteiger partial charge in [0.15, 0.2) is 11.5 Å². The van der Waals surface area contributed by atoms with Crippen LogP contribution in [0.2, 0.25) is 0 Å². The van der Waals surface area contributed by atoms with Gasteiger partial charge in [-0.3, -0.25) is 4.79 Å². The standard InChI is InChI=1S/C13H18N2O3/c1-9-5-11-12(18-8-17-11)6-10(9)7-15-13(16)3-2-4-14/h5-6H,2-4,7-8,14H2,1H3,(H,15,16). The molecule has 5 heteroatoms. The summed E-state index contributed by atoms with van der Waals surface area (Å²) in [6.45, 7) is 3.30. The van der Waals surface area contributed by atoms with E-state index in [0.717, 1.165) is 22.6 Å². The van der Waals surface area contributed by atoms with Crippen molar-refractivity contribution in [1.82, 2.24) is 5.32 Å². The van der Waals surface area contributed by atoms with Gasteiger partial charge < -0.3 is 20.5 Å². The molecule has 0 saturated carbocycles. The van der Waals surface area contributed by atoms with Crippen molar-refractivity contribution in [2.45, 2.75) is 26.3 Å². The van der Waals surface area contributed by atoms with Crippen molar-refractivity contribution in [2.24, 2.45) is 5.73 Å². The van der Waals surface area contributed by atoms with E-state index >= 15 is 0 Å². The minimum Gasteiger partial charge on any atom is -0.454 e. The molecular formula is C13H18N2O3. The zero-order chi connectivity index (χ0) is 13.0. The third kappa shape index (κ3) is 2.92. The van der Waals surface area contributed by atoms with E-state index < -0.39 is 0 Å². The lowest BCUT2D eigenvalue weighted by Gasteiger charge is -2.09. The number of nitrogens with two attached hydrogens (primary N) is 1. The molecule has 5 nitrogen and oxygen atoms in total. The molecule has 0 bridgehead atoms. The van der Waals surface area contributed by atoms with Gasteiger partial charge in [0.25, 0.3) is 0 Å². The van der Waals surface area contributed by atoms with Crippen molar-refractivity contribution >= 4 is 5.91 Å². The Morgan fingerprint density at radius 1 is 1.39 bits per heavy atom. The molecule has 98 valence electrons. The van der Waals surface area contributed by atoms with Gasteiger partial charge in [-0.2, -0.15) is 0 Å². The zero-order valence-corrected chi connectivity index (χ0v) is 10.5. The number of carbonyl (C=O) groups is 1. The maximum Gasteiger partial charge on any atom is 0.231 e. The average molecular weight is 250 g/mol. The molecule has 2 rings (SSSR count). The van der Waals surface area contributed by atoms with E-state index in [4.69, 9.17) is 15.2 Å². The third-order valence-corrected chi connectivity index (χ3v) is 2.92. The first kappa shape index (κ1) is 12.7. The van der Waals surface area contributed by atoms with Crippen LogP contribution in [0.4, 0.5) is 0 Å². The SMILES string of the molecule is Cc1cc2c(cc1CNC(=O)CCCN)OCO2. The highest BCUT2D eigenvalue weighted by atomic mass is 16.7. The predicted molar refractivity (Wildman–Crippen MR) is 67.4 cm³/mol. The second-order valence-corrected chi connectivity index (χ2v) is 4.30. The number of aryl methyl sites for hydroxylation is 1. The largest absolute Gasteiger partial charge is 0.454 e. The molecule has 0 spiro atoms. The zero-order valence-electron chi connectivity index (χ0n) is 10.5. The number of fused-ring (bicyclic) bond motifs is 1. The second kappa shape index (κ2) is 5.73. The minimum atomic E-state index is 0.0255. The Kier molecular flexibility index (Phi) is 4.04. The summed E-state index contributed by atoms with van der Waals surface area (Å²) in [6, 6.07) is 3.85. The van der Waals surface area contributed by atoms with E-state index in [9.17, 15) is 4.79 Å². The lowest BCUT2D eigenvalue weighted by Crippen LogP contribution is -2.23. The quantitative estimate of drug-likeness (QED) is 0.820. The average Bonchev–Trinajstić information content (AvgIpc) is 2.80. The van der Waals surface area contributed by atoms with Gasteiger partial charge in [-0.1, -0.05) is 0 Å². The van der Waals surface area contributed by atoms with Gasteiger partial charge in [0.2, 0.25) is 12.7 Å². The van der Waals surface area contributed by atoms with Crippen LogP contribution in [-0.4, -0.2) is 19.2 Å². The van der Waals surface area contributed by atoms with Crippen molar-refractivity contribution < 1.29 is 14.3 Å². The summed E-state index contributed by atoms with van der Waals surface area (Å²) in [5.41, 5.74) is 7.48. The highest BCUT2D eigenvalue weighted by molar-refractivity contribution is 5.75. The highest BCUT2D eigenvalue weighted by Gasteiger charge is 2.15. The normalized spacial score (nSPS) is 12.6. The Morgan fingerprint density at radius 2 is 2.11 bits per heavy atom. The van der Waals surface area contributed by atoms with Crippen molar-refractivity contribution in [3.8, 4) is 11.5 Å². The number of ether oxygens (including phenoxy) is 2. The van der Waals surface area contributed by atoms with Gasteiger partial charge in [-0.05, 0) is 43.1 Å². The molecule has 0 atom stereocenters. The van der Waals surface area contributed by atoms with Crippen molar-refractivity contribution in [3.05, 3.63) is 23.3 Å². The van der Waals surface area contributed by atoms with Crippen molar-refractivity contribution in [2.75, 3.05) is 13.3 Å². The maximum atomic E-state index is 11.5. The minimum absolute atomic E-state index is 0.0255. The number of hydrogen-bond donors (Lipinski definition) is 2. The van der Waals surface area contributed by atoms with Gasteiger partial charge in [0, 0.05) is 13.0 Å². The Bertz CT molecular complexity index is 446. The summed E-state index contributed by atoms with van der Waals surface area (Å²) < 4.78 is 10.6. The first-order chi connectivity index (χ1) is 8.70. The summed E-state index contributed by atoms with van der Waals surface area (Å²) in [7, 11) is 0. The molecule has 18 heavy (non-hydrogen) atoms. The number of nitrogens with one attached hydrogen (secondary N) is 1. The lowest BCUT2D eigenvalue weighted by molar-refractivity contribution is -0.121. The third-order valence-electron chi connectivity index (χ3n) is 2.92. The van der Waals surface area contributed by atoms with Crippen molar-refractivity contribution in [3.63, 3.8) is 0 Å². The van der Waals surface area contributed by atoms with E-state index in [2.05, 4.69) is 5.32 Å². The number of rotatable bonds is 5. The van der Waals surface area contributed by atoms with Crippen molar-refractivity contribution in [1.29, 1.82) is 0 Å². The van der Waals surface area contributed by atoms with Gasteiger partial charge in [-0.15, -0.1) is 0 Å². The van der Waals surface area contributed by atoms with Crippen LogP contribution in [0.5, 0.6) is 11.5 Å². The molecule has 1 amide bonds. The molecule has 1 aromatic rings. The fraction of sp³-hybridized carbons (Fsp3) is 0.462. The molecule has 0 radical (unpaired) electrons. The number of amides is 1. The van der Waals surface area contributed by atoms with Gasteiger partial charge in [-0.25, -0.2) is 0 Å². The summed E-state index contributed by atoms with van der Waals surface area (Å²) in [5, 5.41) is 2.87. The van der Waals surface area contributed by atoms with Crippen LogP contribution in [0.1, 0.15) is 24.0 Å². The van der Waals surface area contributed by atoms with Gasteiger partial charge >= 0.3 is 0 Å². The topological polar surface area (TPSA) is 73.6 Å². The molecule has 1 aliphatic rings. The van der Waals surface area contributed by atoms with E-state index in [-0.39, 0.29) is 12.7 Å². The van der Waals surface area contributed by atoms with E-state index in [1.165, 1.54) is 0 Å². The Hall–Kier alpha value is -1.75. The maximum absolute atomic E-state index is 11.5. The smallest absolute Gasteiger partial charge is 0.231 e. The van der Waals surface area contributed by atoms with E-state index in [1.54, 1.807) is 0 Å². The molecule has 3 N–H and O–H groups in total. The van der Waals surface area contributed by atoms with Crippen LogP contribution in [0, 0.1) is 6.92 Å². The molecule has 0 aliphatic carbocycles. The van der Waals surface area contributed by atoms with Gasteiger partial charge in [0.05, 0.1) is 0 Å². The molecule has 0 aromatic heterocycles. The number of carbonyl (C=O) groups excluding carboxylic acids is 1. The molecule has 0 fully saturated rings. The lowest BCUT2D eigenvalue weighted by atomic mass is 10.1. The molecule has 1 aliphatic heterocycles. The highest BCUT2D eigenvalue weighted by Crippen LogP contribution is 2.34. The Morgan fingerprint density at radius 3 is 2.83 bits per heavy atom. The second-order valence-electron chi connectivity index (χ2n) is 4.30. The molecular weight excluding hydrogens is 232 g/mol. The summed E-state index contributed by atoms with van der Waals surface area (Å²) >= 11 is 0. The fourth-order valence-corrected chi connectivity index (χ4v) is 1.82. The molecule has 0 saturated heterocycles. The van der Waals surface area contributed by atoms with Gasteiger partial charge in [0.1, 0.15) is 0 Å². The monoisotopic (exact) mass is 250 g/mol. The van der Waals surface area contributed by atoms with Crippen LogP contribution in [0.15, 0.2) is 12.1 Å². The van der Waals surface area contributed by atoms with Crippen LogP contribution in [0.25, 0.3) is 0 Å². The van der Waals surface area contributed by atoms with Crippen LogP contribution >= 0.6 is 0 Å². The first-order valence-electron chi connectivity index (χ1n) is 6.06. The van der Waals surface area contributed by atoms with Crippen LogP contribution in [0.3, 0.4) is 0 Å². The molecule has 1 aromatic carbocycles. The summed E-state index contributed by atoms with van der Waals surface area (Å²) in [6.07, 6.45) is 1.19. The Balaban J connectivity index is 1.95. The molecule has 1 heterocycles. The fourth-order valence-electron chi connectivity index (χ4n) is 1.82. The number of benzene rings is 1. The summed E-state index contributed by atoms with van der Waals surface area (Å²) in [4.78, 5) is 11.5.